The van der Waals surface area contributed by atoms with Crippen molar-refractivity contribution in [3.8, 4) is 0 Å². The van der Waals surface area contributed by atoms with Gasteiger partial charge in [-0.05, 0) is 69.7 Å². The van der Waals surface area contributed by atoms with Crippen molar-refractivity contribution < 1.29 is 14.4 Å². The molecule has 1 saturated carbocycles. The molecule has 1 aliphatic heterocycles. The summed E-state index contributed by atoms with van der Waals surface area (Å²) in [4.78, 5) is 39.1. The van der Waals surface area contributed by atoms with E-state index in [1.807, 2.05) is 4.90 Å². The smallest absolute Gasteiger partial charge is 0.240 e. The summed E-state index contributed by atoms with van der Waals surface area (Å²) in [6.45, 7) is 4.38. The Morgan fingerprint density at radius 3 is 2.40 bits per heavy atom. The Balaban J connectivity index is 1.70. The molecule has 1 atom stereocenters. The number of benzene rings is 1. The van der Waals surface area contributed by atoms with Gasteiger partial charge >= 0.3 is 0 Å². The summed E-state index contributed by atoms with van der Waals surface area (Å²) >= 11 is 0. The molecule has 0 radical (unpaired) electrons. The van der Waals surface area contributed by atoms with Crippen LogP contribution in [0.3, 0.4) is 0 Å². The normalized spacial score (nSPS) is 21.5. The van der Waals surface area contributed by atoms with Crippen LogP contribution in [0.25, 0.3) is 0 Å². The minimum Gasteiger partial charge on any atom is -0.339 e. The molecule has 1 aromatic carbocycles. The molecule has 25 heavy (non-hydrogen) atoms. The van der Waals surface area contributed by atoms with Crippen LogP contribution in [0.1, 0.15) is 62.7 Å². The number of carbonyl (C=O) groups excluding carboxylic acids is 3. The lowest BCUT2D eigenvalue weighted by atomic mass is 9.95. The van der Waals surface area contributed by atoms with Gasteiger partial charge in [0.05, 0.1) is 0 Å². The maximum absolute atomic E-state index is 13.0. The number of amides is 2. The fourth-order valence-corrected chi connectivity index (χ4v) is 3.67. The summed E-state index contributed by atoms with van der Waals surface area (Å²) < 4.78 is 0. The van der Waals surface area contributed by atoms with Crippen LogP contribution in [0.15, 0.2) is 24.3 Å². The van der Waals surface area contributed by atoms with E-state index in [4.69, 9.17) is 0 Å². The predicted molar refractivity (Wildman–Crippen MR) is 96.4 cm³/mol. The topological polar surface area (TPSA) is 66.5 Å². The third kappa shape index (κ3) is 3.46. The molecule has 1 aliphatic carbocycles. The van der Waals surface area contributed by atoms with Crippen LogP contribution < -0.4 is 5.32 Å². The van der Waals surface area contributed by atoms with E-state index < -0.39 is 5.41 Å². The number of likely N-dealkylation sites (tertiary alicyclic amines) is 1. The van der Waals surface area contributed by atoms with Crippen molar-refractivity contribution in [3.63, 3.8) is 0 Å². The molecule has 1 saturated heterocycles. The third-order valence-corrected chi connectivity index (χ3v) is 5.50. The first-order valence-corrected chi connectivity index (χ1v) is 9.21. The number of hydrogen-bond acceptors (Lipinski definition) is 3. The molecule has 1 unspecified atom stereocenters. The van der Waals surface area contributed by atoms with Crippen molar-refractivity contribution in [1.29, 1.82) is 0 Å². The van der Waals surface area contributed by atoms with Crippen LogP contribution in [0.4, 0.5) is 5.69 Å². The number of ketones is 1. The van der Waals surface area contributed by atoms with Gasteiger partial charge in [-0.1, -0.05) is 6.92 Å². The maximum atomic E-state index is 13.0. The summed E-state index contributed by atoms with van der Waals surface area (Å²) in [7, 11) is 0. The standard InChI is InChI=1S/C20H26N2O3/c1-3-17-6-4-5-13-22(17)19(25)20(11-12-20)18(24)21-16-9-7-15(8-10-16)14(2)23/h7-10,17H,3-6,11-13H2,1-2H3,(H,21,24). The van der Waals surface area contributed by atoms with Crippen molar-refractivity contribution in [2.24, 2.45) is 5.41 Å². The zero-order valence-electron chi connectivity index (χ0n) is 15.0. The van der Waals surface area contributed by atoms with Crippen molar-refractivity contribution in [2.45, 2.75) is 58.4 Å². The van der Waals surface area contributed by atoms with Crippen LogP contribution in [-0.4, -0.2) is 35.1 Å². The van der Waals surface area contributed by atoms with E-state index in [1.165, 1.54) is 6.92 Å². The Kier molecular flexibility index (Phi) is 4.93. The molecule has 134 valence electrons. The minimum atomic E-state index is -0.885. The molecular weight excluding hydrogens is 316 g/mol. The molecule has 2 amide bonds. The summed E-state index contributed by atoms with van der Waals surface area (Å²) in [5.41, 5.74) is 0.346. The lowest BCUT2D eigenvalue weighted by molar-refractivity contribution is -0.145. The number of nitrogens with zero attached hydrogens (tertiary/aromatic N) is 1. The molecule has 2 fully saturated rings. The monoisotopic (exact) mass is 342 g/mol. The van der Waals surface area contributed by atoms with E-state index in [0.717, 1.165) is 32.2 Å². The van der Waals surface area contributed by atoms with E-state index in [-0.39, 0.29) is 23.6 Å². The Labute approximate surface area is 148 Å². The van der Waals surface area contributed by atoms with Crippen LogP contribution in [-0.2, 0) is 9.59 Å². The van der Waals surface area contributed by atoms with Gasteiger partial charge in [-0.3, -0.25) is 14.4 Å². The molecule has 2 aliphatic rings. The van der Waals surface area contributed by atoms with Gasteiger partial charge in [0, 0.05) is 23.8 Å². The average molecular weight is 342 g/mol. The highest BCUT2D eigenvalue weighted by atomic mass is 16.2. The van der Waals surface area contributed by atoms with Gasteiger partial charge in [0.25, 0.3) is 0 Å². The van der Waals surface area contributed by atoms with E-state index in [0.29, 0.717) is 24.1 Å². The molecule has 0 aromatic heterocycles. The van der Waals surface area contributed by atoms with Crippen LogP contribution >= 0.6 is 0 Å². The summed E-state index contributed by atoms with van der Waals surface area (Å²) in [5.74, 6) is -0.229. The summed E-state index contributed by atoms with van der Waals surface area (Å²) in [6.07, 6.45) is 5.39. The molecular formula is C20H26N2O3. The van der Waals surface area contributed by atoms with E-state index in [1.54, 1.807) is 24.3 Å². The van der Waals surface area contributed by atoms with Gasteiger partial charge in [-0.25, -0.2) is 0 Å². The lowest BCUT2D eigenvalue weighted by Crippen LogP contribution is -2.49. The number of anilines is 1. The summed E-state index contributed by atoms with van der Waals surface area (Å²) in [6, 6.07) is 7.07. The van der Waals surface area contributed by atoms with Gasteiger partial charge in [0.15, 0.2) is 5.78 Å². The first kappa shape index (κ1) is 17.6. The second kappa shape index (κ2) is 6.98. The molecule has 0 spiro atoms. The number of rotatable bonds is 5. The zero-order valence-corrected chi connectivity index (χ0v) is 15.0. The number of Topliss-reactive ketones (excluding diaryl/α,β-unsaturated/α-hetero) is 1. The second-order valence-corrected chi connectivity index (χ2v) is 7.23. The third-order valence-electron chi connectivity index (χ3n) is 5.50. The van der Waals surface area contributed by atoms with Crippen LogP contribution in [0.2, 0.25) is 0 Å². The molecule has 3 rings (SSSR count). The summed E-state index contributed by atoms with van der Waals surface area (Å²) in [5, 5.41) is 2.87. The lowest BCUT2D eigenvalue weighted by Gasteiger charge is -2.37. The number of hydrogen-bond donors (Lipinski definition) is 1. The highest BCUT2D eigenvalue weighted by Crippen LogP contribution is 2.49. The number of carbonyl (C=O) groups is 3. The van der Waals surface area contributed by atoms with Gasteiger partial charge < -0.3 is 10.2 Å². The molecule has 5 nitrogen and oxygen atoms in total. The number of nitrogens with one attached hydrogen (secondary N) is 1. The Bertz CT molecular complexity index is 677. The first-order chi connectivity index (χ1) is 12.0. The highest BCUT2D eigenvalue weighted by Gasteiger charge is 2.58. The Morgan fingerprint density at radius 1 is 1.16 bits per heavy atom. The largest absolute Gasteiger partial charge is 0.339 e. The van der Waals surface area contributed by atoms with Crippen LogP contribution in [0, 0.1) is 5.41 Å². The highest BCUT2D eigenvalue weighted by molar-refractivity contribution is 6.13. The van der Waals surface area contributed by atoms with E-state index >= 15 is 0 Å². The average Bonchev–Trinajstić information content (AvgIpc) is 3.43. The van der Waals surface area contributed by atoms with Gasteiger partial charge in [-0.15, -0.1) is 0 Å². The van der Waals surface area contributed by atoms with Crippen molar-refractivity contribution in [1.82, 2.24) is 4.90 Å². The maximum Gasteiger partial charge on any atom is 0.240 e. The van der Waals surface area contributed by atoms with Gasteiger partial charge in [0.2, 0.25) is 11.8 Å². The van der Waals surface area contributed by atoms with Crippen molar-refractivity contribution in [3.05, 3.63) is 29.8 Å². The van der Waals surface area contributed by atoms with Gasteiger partial charge in [0.1, 0.15) is 5.41 Å². The van der Waals surface area contributed by atoms with Gasteiger partial charge in [-0.2, -0.15) is 0 Å². The fourth-order valence-electron chi connectivity index (χ4n) is 3.67. The Morgan fingerprint density at radius 2 is 1.84 bits per heavy atom. The zero-order chi connectivity index (χ0) is 18.0. The Hall–Kier alpha value is -2.17. The first-order valence-electron chi connectivity index (χ1n) is 9.21. The van der Waals surface area contributed by atoms with Crippen molar-refractivity contribution >= 4 is 23.3 Å². The minimum absolute atomic E-state index is 0.00286. The van der Waals surface area contributed by atoms with E-state index in [2.05, 4.69) is 12.2 Å². The quantitative estimate of drug-likeness (QED) is 0.659. The molecule has 1 aromatic rings. The van der Waals surface area contributed by atoms with E-state index in [9.17, 15) is 14.4 Å². The second-order valence-electron chi connectivity index (χ2n) is 7.23. The molecule has 1 heterocycles. The molecule has 5 heteroatoms. The molecule has 0 bridgehead atoms. The predicted octanol–water partition coefficient (Wildman–Crippen LogP) is 3.40. The SMILES string of the molecule is CCC1CCCCN1C(=O)C1(C(=O)Nc2ccc(C(C)=O)cc2)CC1. The van der Waals surface area contributed by atoms with Crippen LogP contribution in [0.5, 0.6) is 0 Å². The van der Waals surface area contributed by atoms with Crippen molar-refractivity contribution in [2.75, 3.05) is 11.9 Å². The number of piperidine rings is 1. The molecule has 1 N–H and O–H groups in total. The fraction of sp³-hybridized carbons (Fsp3) is 0.550.